The fourth-order valence-corrected chi connectivity index (χ4v) is 2.36. The maximum absolute atomic E-state index is 13.7. The third-order valence-electron chi connectivity index (χ3n) is 3.26. The van der Waals surface area contributed by atoms with Gasteiger partial charge in [-0.1, -0.05) is 25.1 Å². The van der Waals surface area contributed by atoms with E-state index in [2.05, 4.69) is 12.2 Å². The summed E-state index contributed by atoms with van der Waals surface area (Å²) in [7, 11) is 0. The summed E-state index contributed by atoms with van der Waals surface area (Å²) in [6.45, 7) is 4.80. The molecule has 0 bridgehead atoms. The number of ether oxygens (including phenoxy) is 1. The van der Waals surface area contributed by atoms with Crippen molar-refractivity contribution in [3.8, 4) is 0 Å². The Morgan fingerprint density at radius 3 is 3.00 bits per heavy atom. The largest absolute Gasteiger partial charge is 0.373 e. The van der Waals surface area contributed by atoms with Crippen molar-refractivity contribution in [2.45, 2.75) is 25.9 Å². The van der Waals surface area contributed by atoms with Crippen LogP contribution in [0, 0.1) is 11.7 Å². The molecule has 1 aliphatic rings. The van der Waals surface area contributed by atoms with E-state index in [4.69, 9.17) is 4.74 Å². The first-order valence-electron chi connectivity index (χ1n) is 6.39. The molecule has 0 saturated carbocycles. The van der Waals surface area contributed by atoms with Gasteiger partial charge < -0.3 is 10.1 Å². The van der Waals surface area contributed by atoms with Crippen LogP contribution in [0.3, 0.4) is 0 Å². The summed E-state index contributed by atoms with van der Waals surface area (Å²) in [5, 5.41) is 3.39. The van der Waals surface area contributed by atoms with E-state index < -0.39 is 0 Å². The van der Waals surface area contributed by atoms with Crippen LogP contribution in [0.25, 0.3) is 0 Å². The van der Waals surface area contributed by atoms with Crippen molar-refractivity contribution in [3.05, 3.63) is 35.6 Å². The Balaban J connectivity index is 2.02. The number of hydrogen-bond acceptors (Lipinski definition) is 2. The van der Waals surface area contributed by atoms with E-state index in [1.807, 2.05) is 12.1 Å². The van der Waals surface area contributed by atoms with E-state index in [0.717, 1.165) is 32.5 Å². The number of hydrogen-bond donors (Lipinski definition) is 1. The minimum Gasteiger partial charge on any atom is -0.373 e. The molecule has 0 spiro atoms. The molecule has 0 aromatic heterocycles. The third-order valence-corrected chi connectivity index (χ3v) is 3.26. The minimum absolute atomic E-state index is 0.0828. The van der Waals surface area contributed by atoms with Gasteiger partial charge in [-0.05, 0) is 25.5 Å². The molecular weight excluding hydrogens is 217 g/mol. The van der Waals surface area contributed by atoms with Gasteiger partial charge >= 0.3 is 0 Å². The van der Waals surface area contributed by atoms with E-state index in [1.165, 1.54) is 6.07 Å². The molecule has 1 aromatic rings. The second-order valence-electron chi connectivity index (χ2n) is 4.57. The first kappa shape index (κ1) is 12.5. The molecule has 1 N–H and O–H groups in total. The van der Waals surface area contributed by atoms with E-state index in [-0.39, 0.29) is 11.9 Å². The zero-order chi connectivity index (χ0) is 12.1. The lowest BCUT2D eigenvalue weighted by molar-refractivity contribution is 0.0875. The van der Waals surface area contributed by atoms with Crippen LogP contribution in [0.2, 0.25) is 0 Å². The molecule has 2 unspecified atom stereocenters. The van der Waals surface area contributed by atoms with Gasteiger partial charge in [0.1, 0.15) is 5.82 Å². The molecule has 0 radical (unpaired) electrons. The molecule has 94 valence electrons. The standard InChI is InChI=1S/C14H20FNO/c1-2-8-16-10-11-7-9-17-14(11)12-5-3-4-6-13(12)15/h3-6,11,14,16H,2,7-10H2,1H3. The highest BCUT2D eigenvalue weighted by atomic mass is 19.1. The average Bonchev–Trinajstić information content (AvgIpc) is 2.78. The number of nitrogens with one attached hydrogen (secondary N) is 1. The highest BCUT2D eigenvalue weighted by molar-refractivity contribution is 5.21. The molecule has 1 saturated heterocycles. The maximum atomic E-state index is 13.7. The molecule has 1 fully saturated rings. The zero-order valence-corrected chi connectivity index (χ0v) is 10.3. The van der Waals surface area contributed by atoms with Crippen molar-refractivity contribution in [1.29, 1.82) is 0 Å². The Kier molecular flexibility index (Phi) is 4.51. The van der Waals surface area contributed by atoms with Gasteiger partial charge in [0.05, 0.1) is 6.10 Å². The van der Waals surface area contributed by atoms with Gasteiger partial charge in [0.2, 0.25) is 0 Å². The number of rotatable bonds is 5. The molecule has 2 atom stereocenters. The SMILES string of the molecule is CCCNCC1CCOC1c1ccccc1F. The normalized spacial score (nSPS) is 24.1. The predicted molar refractivity (Wildman–Crippen MR) is 66.4 cm³/mol. The Labute approximate surface area is 102 Å². The molecular formula is C14H20FNO. The van der Waals surface area contributed by atoms with Gasteiger partial charge in [-0.2, -0.15) is 0 Å². The molecule has 0 amide bonds. The van der Waals surface area contributed by atoms with Crippen molar-refractivity contribution in [3.63, 3.8) is 0 Å². The Morgan fingerprint density at radius 2 is 2.24 bits per heavy atom. The minimum atomic E-state index is -0.153. The summed E-state index contributed by atoms with van der Waals surface area (Å²) in [5.74, 6) is 0.235. The lowest BCUT2D eigenvalue weighted by atomic mass is 9.95. The Bertz CT molecular complexity index is 356. The lowest BCUT2D eigenvalue weighted by Crippen LogP contribution is -2.25. The van der Waals surface area contributed by atoms with Crippen LogP contribution in [0.5, 0.6) is 0 Å². The number of benzene rings is 1. The van der Waals surface area contributed by atoms with E-state index in [0.29, 0.717) is 11.5 Å². The average molecular weight is 237 g/mol. The van der Waals surface area contributed by atoms with Crippen LogP contribution in [0.1, 0.15) is 31.4 Å². The van der Waals surface area contributed by atoms with Crippen molar-refractivity contribution in [2.75, 3.05) is 19.7 Å². The highest BCUT2D eigenvalue weighted by Crippen LogP contribution is 2.35. The van der Waals surface area contributed by atoms with Crippen LogP contribution >= 0.6 is 0 Å². The molecule has 1 aliphatic heterocycles. The van der Waals surface area contributed by atoms with E-state index in [1.54, 1.807) is 6.07 Å². The molecule has 1 heterocycles. The molecule has 2 rings (SSSR count). The van der Waals surface area contributed by atoms with Crippen LogP contribution in [0.15, 0.2) is 24.3 Å². The van der Waals surface area contributed by atoms with Crippen LogP contribution in [0.4, 0.5) is 4.39 Å². The maximum Gasteiger partial charge on any atom is 0.129 e. The first-order valence-corrected chi connectivity index (χ1v) is 6.39. The Morgan fingerprint density at radius 1 is 1.41 bits per heavy atom. The molecule has 1 aromatic carbocycles. The van der Waals surface area contributed by atoms with E-state index >= 15 is 0 Å². The lowest BCUT2D eigenvalue weighted by Gasteiger charge is -2.19. The topological polar surface area (TPSA) is 21.3 Å². The van der Waals surface area contributed by atoms with Crippen molar-refractivity contribution < 1.29 is 9.13 Å². The first-order chi connectivity index (χ1) is 8.33. The molecule has 0 aliphatic carbocycles. The monoisotopic (exact) mass is 237 g/mol. The summed E-state index contributed by atoms with van der Waals surface area (Å²) in [5.41, 5.74) is 0.702. The van der Waals surface area contributed by atoms with Gasteiger partial charge in [-0.25, -0.2) is 4.39 Å². The van der Waals surface area contributed by atoms with Gasteiger partial charge in [0.25, 0.3) is 0 Å². The summed E-state index contributed by atoms with van der Waals surface area (Å²) < 4.78 is 19.4. The van der Waals surface area contributed by atoms with Gasteiger partial charge in [-0.15, -0.1) is 0 Å². The van der Waals surface area contributed by atoms with Crippen molar-refractivity contribution in [2.24, 2.45) is 5.92 Å². The highest BCUT2D eigenvalue weighted by Gasteiger charge is 2.30. The fourth-order valence-electron chi connectivity index (χ4n) is 2.36. The van der Waals surface area contributed by atoms with Crippen molar-refractivity contribution >= 4 is 0 Å². The summed E-state index contributed by atoms with van der Waals surface area (Å²) >= 11 is 0. The number of halogens is 1. The zero-order valence-electron chi connectivity index (χ0n) is 10.3. The van der Waals surface area contributed by atoms with Gasteiger partial charge in [0, 0.05) is 24.6 Å². The molecule has 17 heavy (non-hydrogen) atoms. The van der Waals surface area contributed by atoms with Crippen molar-refractivity contribution in [1.82, 2.24) is 5.32 Å². The van der Waals surface area contributed by atoms with Gasteiger partial charge in [0.15, 0.2) is 0 Å². The quantitative estimate of drug-likeness (QED) is 0.795. The third kappa shape index (κ3) is 3.05. The second-order valence-corrected chi connectivity index (χ2v) is 4.57. The summed E-state index contributed by atoms with van der Waals surface area (Å²) in [4.78, 5) is 0. The fraction of sp³-hybridized carbons (Fsp3) is 0.571. The smallest absolute Gasteiger partial charge is 0.129 e. The van der Waals surface area contributed by atoms with Crippen LogP contribution in [-0.4, -0.2) is 19.7 Å². The van der Waals surface area contributed by atoms with Gasteiger partial charge in [-0.3, -0.25) is 0 Å². The van der Waals surface area contributed by atoms with E-state index in [9.17, 15) is 4.39 Å². The molecule has 3 heteroatoms. The second kappa shape index (κ2) is 6.12. The van der Waals surface area contributed by atoms with Crippen LogP contribution < -0.4 is 5.32 Å². The molecule has 2 nitrogen and oxygen atoms in total. The summed E-state index contributed by atoms with van der Waals surface area (Å²) in [6.07, 6.45) is 2.05. The Hall–Kier alpha value is -0.930. The predicted octanol–water partition coefficient (Wildman–Crippen LogP) is 2.90. The summed E-state index contributed by atoms with van der Waals surface area (Å²) in [6, 6.07) is 6.93. The van der Waals surface area contributed by atoms with Crippen LogP contribution in [-0.2, 0) is 4.74 Å².